The van der Waals surface area contributed by atoms with E-state index in [1.54, 1.807) is 0 Å². The van der Waals surface area contributed by atoms with Crippen LogP contribution in [-0.4, -0.2) is 12.8 Å². The van der Waals surface area contributed by atoms with Gasteiger partial charge >= 0.3 is 0 Å². The summed E-state index contributed by atoms with van der Waals surface area (Å²) >= 11 is 7.86. The molecular formula is C18H22ClNS. The van der Waals surface area contributed by atoms with Crippen LogP contribution in [0.15, 0.2) is 42.5 Å². The summed E-state index contributed by atoms with van der Waals surface area (Å²) in [7, 11) is 2.04. The highest BCUT2D eigenvalue weighted by Crippen LogP contribution is 2.25. The summed E-state index contributed by atoms with van der Waals surface area (Å²) in [5, 5.41) is 4.24. The molecule has 112 valence electrons. The van der Waals surface area contributed by atoms with Gasteiger partial charge in [-0.25, -0.2) is 0 Å². The fourth-order valence-corrected chi connectivity index (χ4v) is 3.59. The Balaban J connectivity index is 1.96. The van der Waals surface area contributed by atoms with Gasteiger partial charge in [-0.2, -0.15) is 11.8 Å². The topological polar surface area (TPSA) is 12.0 Å². The Labute approximate surface area is 137 Å². The van der Waals surface area contributed by atoms with Gasteiger partial charge < -0.3 is 5.32 Å². The van der Waals surface area contributed by atoms with Crippen LogP contribution < -0.4 is 5.32 Å². The van der Waals surface area contributed by atoms with Crippen LogP contribution in [0.25, 0.3) is 0 Å². The maximum absolute atomic E-state index is 5.91. The van der Waals surface area contributed by atoms with Crippen LogP contribution in [0.4, 0.5) is 0 Å². The lowest BCUT2D eigenvalue weighted by Crippen LogP contribution is -2.20. The van der Waals surface area contributed by atoms with Crippen molar-refractivity contribution in [2.45, 2.75) is 25.6 Å². The van der Waals surface area contributed by atoms with Gasteiger partial charge in [0.2, 0.25) is 0 Å². The number of hydrogen-bond acceptors (Lipinski definition) is 2. The average Bonchev–Trinajstić information content (AvgIpc) is 2.48. The minimum atomic E-state index is 0.391. The molecule has 0 amide bonds. The highest BCUT2D eigenvalue weighted by atomic mass is 35.5. The normalized spacial score (nSPS) is 12.4. The molecular weight excluding hydrogens is 298 g/mol. The molecule has 2 aromatic rings. The quantitative estimate of drug-likeness (QED) is 0.790. The highest BCUT2D eigenvalue weighted by molar-refractivity contribution is 7.98. The second-order valence-electron chi connectivity index (χ2n) is 5.34. The Bertz CT molecular complexity index is 580. The zero-order valence-electron chi connectivity index (χ0n) is 12.8. The Morgan fingerprint density at radius 3 is 2.48 bits per heavy atom. The van der Waals surface area contributed by atoms with E-state index in [0.29, 0.717) is 6.04 Å². The molecule has 0 aromatic heterocycles. The van der Waals surface area contributed by atoms with Gasteiger partial charge in [0.1, 0.15) is 0 Å². The van der Waals surface area contributed by atoms with Gasteiger partial charge in [-0.15, -0.1) is 0 Å². The Morgan fingerprint density at radius 1 is 1.10 bits per heavy atom. The van der Waals surface area contributed by atoms with Gasteiger partial charge in [0.15, 0.2) is 0 Å². The Kier molecular flexibility index (Phi) is 6.16. The van der Waals surface area contributed by atoms with E-state index in [-0.39, 0.29) is 0 Å². The smallest absolute Gasteiger partial charge is 0.0412 e. The number of benzene rings is 2. The first kappa shape index (κ1) is 16.4. The van der Waals surface area contributed by atoms with Gasteiger partial charge in [-0.1, -0.05) is 47.5 Å². The summed E-state index contributed by atoms with van der Waals surface area (Å²) in [6.07, 6.45) is 0. The van der Waals surface area contributed by atoms with Crippen molar-refractivity contribution in [2.75, 3.05) is 12.8 Å². The van der Waals surface area contributed by atoms with Crippen molar-refractivity contribution < 1.29 is 0 Å². The van der Waals surface area contributed by atoms with Crippen LogP contribution in [0.1, 0.15) is 28.3 Å². The number of hydrogen-bond donors (Lipinski definition) is 1. The van der Waals surface area contributed by atoms with Crippen molar-refractivity contribution in [3.8, 4) is 0 Å². The maximum Gasteiger partial charge on any atom is 0.0412 e. The van der Waals surface area contributed by atoms with Crippen molar-refractivity contribution in [2.24, 2.45) is 0 Å². The van der Waals surface area contributed by atoms with Crippen molar-refractivity contribution in [1.29, 1.82) is 0 Å². The van der Waals surface area contributed by atoms with Crippen LogP contribution in [0.5, 0.6) is 0 Å². The van der Waals surface area contributed by atoms with Crippen molar-refractivity contribution in [1.82, 2.24) is 5.32 Å². The van der Waals surface area contributed by atoms with Crippen molar-refractivity contribution in [3.63, 3.8) is 0 Å². The summed E-state index contributed by atoms with van der Waals surface area (Å²) in [4.78, 5) is 0. The molecule has 0 aliphatic rings. The van der Waals surface area contributed by atoms with E-state index >= 15 is 0 Å². The molecule has 2 aromatic carbocycles. The van der Waals surface area contributed by atoms with Gasteiger partial charge in [0, 0.05) is 22.6 Å². The van der Waals surface area contributed by atoms with E-state index in [4.69, 9.17) is 11.6 Å². The minimum Gasteiger partial charge on any atom is -0.312 e. The molecule has 0 saturated heterocycles. The van der Waals surface area contributed by atoms with Crippen LogP contribution >= 0.6 is 23.4 Å². The van der Waals surface area contributed by atoms with Crippen LogP contribution in [0.2, 0.25) is 5.02 Å². The molecule has 0 saturated carbocycles. The molecule has 0 radical (unpaired) electrons. The molecule has 1 atom stereocenters. The van der Waals surface area contributed by atoms with Gasteiger partial charge in [0.25, 0.3) is 0 Å². The SMILES string of the molecule is CNC(CSCc1ccc(Cl)cc1)c1cc(C)ccc1C. The molecule has 0 heterocycles. The van der Waals surface area contributed by atoms with E-state index in [0.717, 1.165) is 16.5 Å². The number of thioether (sulfide) groups is 1. The molecule has 0 spiro atoms. The molecule has 1 unspecified atom stereocenters. The zero-order chi connectivity index (χ0) is 15.2. The summed E-state index contributed by atoms with van der Waals surface area (Å²) in [5.74, 6) is 2.07. The third kappa shape index (κ3) is 4.77. The first-order valence-corrected chi connectivity index (χ1v) is 8.70. The number of rotatable bonds is 6. The van der Waals surface area contributed by atoms with Crippen LogP contribution in [0, 0.1) is 13.8 Å². The second kappa shape index (κ2) is 7.88. The molecule has 21 heavy (non-hydrogen) atoms. The van der Waals surface area contributed by atoms with Crippen LogP contribution in [0.3, 0.4) is 0 Å². The fraction of sp³-hybridized carbons (Fsp3) is 0.333. The first-order valence-electron chi connectivity index (χ1n) is 7.16. The number of nitrogens with one attached hydrogen (secondary N) is 1. The summed E-state index contributed by atoms with van der Waals surface area (Å²) in [5.41, 5.74) is 5.40. The number of aryl methyl sites for hydroxylation is 2. The third-order valence-electron chi connectivity index (χ3n) is 3.63. The molecule has 2 rings (SSSR count). The monoisotopic (exact) mass is 319 g/mol. The van der Waals surface area contributed by atoms with Gasteiger partial charge in [-0.05, 0) is 49.7 Å². The second-order valence-corrected chi connectivity index (χ2v) is 6.81. The molecule has 0 fully saturated rings. The summed E-state index contributed by atoms with van der Waals surface area (Å²) < 4.78 is 0. The van der Waals surface area contributed by atoms with Gasteiger partial charge in [-0.3, -0.25) is 0 Å². The Morgan fingerprint density at radius 2 is 1.81 bits per heavy atom. The van der Waals surface area contributed by atoms with Crippen molar-refractivity contribution >= 4 is 23.4 Å². The maximum atomic E-state index is 5.91. The Hall–Kier alpha value is -0.960. The molecule has 0 bridgehead atoms. The predicted molar refractivity (Wildman–Crippen MR) is 95.3 cm³/mol. The largest absolute Gasteiger partial charge is 0.312 e. The third-order valence-corrected chi connectivity index (χ3v) is 4.98. The van der Waals surface area contributed by atoms with E-state index < -0.39 is 0 Å². The fourth-order valence-electron chi connectivity index (χ4n) is 2.34. The number of halogens is 1. The summed E-state index contributed by atoms with van der Waals surface area (Å²) in [6.45, 7) is 4.33. The highest BCUT2D eigenvalue weighted by Gasteiger charge is 2.12. The molecule has 1 nitrogen and oxygen atoms in total. The molecule has 1 N–H and O–H groups in total. The van der Waals surface area contributed by atoms with E-state index in [9.17, 15) is 0 Å². The van der Waals surface area contributed by atoms with E-state index in [1.807, 2.05) is 30.9 Å². The minimum absolute atomic E-state index is 0.391. The first-order chi connectivity index (χ1) is 10.1. The predicted octanol–water partition coefficient (Wildman–Crippen LogP) is 5.15. The van der Waals surface area contributed by atoms with Crippen LogP contribution in [-0.2, 0) is 5.75 Å². The molecule has 0 aliphatic heterocycles. The average molecular weight is 320 g/mol. The summed E-state index contributed by atoms with van der Waals surface area (Å²) in [6, 6.07) is 15.2. The molecule has 0 aliphatic carbocycles. The lowest BCUT2D eigenvalue weighted by Gasteiger charge is -2.19. The van der Waals surface area contributed by atoms with E-state index in [1.165, 1.54) is 22.3 Å². The molecule has 3 heteroatoms. The van der Waals surface area contributed by atoms with Gasteiger partial charge in [0.05, 0.1) is 0 Å². The van der Waals surface area contributed by atoms with E-state index in [2.05, 4.69) is 49.5 Å². The lowest BCUT2D eigenvalue weighted by atomic mass is 10.0. The zero-order valence-corrected chi connectivity index (χ0v) is 14.4. The lowest BCUT2D eigenvalue weighted by molar-refractivity contribution is 0.657. The standard InChI is InChI=1S/C18H22ClNS/c1-13-4-5-14(2)17(10-13)18(20-3)12-21-11-15-6-8-16(19)9-7-15/h4-10,18,20H,11-12H2,1-3H3. The van der Waals surface area contributed by atoms with Crippen molar-refractivity contribution in [3.05, 3.63) is 69.7 Å².